The minimum Gasteiger partial charge on any atom is -0.206 e. The van der Waals surface area contributed by atoms with Crippen LogP contribution in [-0.4, -0.2) is 10.3 Å². The van der Waals surface area contributed by atoms with Gasteiger partial charge in [-0.15, -0.1) is 10.2 Å². The maximum Gasteiger partial charge on any atom is 0.164 e. The van der Waals surface area contributed by atoms with Crippen molar-refractivity contribution in [2.24, 2.45) is 10.2 Å². The van der Waals surface area contributed by atoms with Crippen molar-refractivity contribution in [2.75, 3.05) is 0 Å². The van der Waals surface area contributed by atoms with E-state index in [4.69, 9.17) is 34.8 Å². The first-order valence-electron chi connectivity index (χ1n) is 7.73. The summed E-state index contributed by atoms with van der Waals surface area (Å²) in [5, 5.41) is 7.64. The van der Waals surface area contributed by atoms with Crippen molar-refractivity contribution in [2.45, 2.75) is 0 Å². The van der Waals surface area contributed by atoms with Crippen molar-refractivity contribution in [3.05, 3.63) is 94.5 Å². The minimum atomic E-state index is -0.831. The highest BCUT2D eigenvalue weighted by Crippen LogP contribution is 2.22. The second-order valence-corrected chi connectivity index (χ2v) is 6.61. The monoisotopic (exact) mass is 422 g/mol. The molecule has 0 aliphatic rings. The van der Waals surface area contributed by atoms with Crippen LogP contribution in [0.1, 0.15) is 11.1 Å². The molecule has 3 aromatic rings. The maximum absolute atomic E-state index is 13.7. The van der Waals surface area contributed by atoms with Crippen molar-refractivity contribution in [3.63, 3.8) is 0 Å². The van der Waals surface area contributed by atoms with Gasteiger partial charge in [0, 0.05) is 10.6 Å². The Kier molecular flexibility index (Phi) is 6.22. The summed E-state index contributed by atoms with van der Waals surface area (Å²) < 4.78 is 27.4. The fraction of sp³-hybridized carbons (Fsp3) is 0. The molecule has 0 saturated heterocycles. The Labute approximate surface area is 169 Å². The van der Waals surface area contributed by atoms with Crippen molar-refractivity contribution in [1.82, 2.24) is 0 Å². The van der Waals surface area contributed by atoms with Crippen LogP contribution in [-0.2, 0) is 0 Å². The predicted octanol–water partition coefficient (Wildman–Crippen LogP) is 6.87. The molecular formula is C20H11Cl3F2N2. The van der Waals surface area contributed by atoms with Crippen molar-refractivity contribution < 1.29 is 8.78 Å². The lowest BCUT2D eigenvalue weighted by molar-refractivity contribution is 0.579. The van der Waals surface area contributed by atoms with Gasteiger partial charge in [-0.2, -0.15) is 0 Å². The molecule has 0 N–H and O–H groups in total. The zero-order valence-corrected chi connectivity index (χ0v) is 15.9. The van der Waals surface area contributed by atoms with Gasteiger partial charge in [0.15, 0.2) is 10.3 Å². The van der Waals surface area contributed by atoms with Crippen LogP contribution in [0.5, 0.6) is 0 Å². The number of nitrogens with zero attached hydrogens (tertiary/aromatic N) is 2. The number of halogens is 5. The zero-order valence-electron chi connectivity index (χ0n) is 13.6. The zero-order chi connectivity index (χ0) is 19.4. The predicted molar refractivity (Wildman–Crippen MR) is 108 cm³/mol. The second-order valence-electron chi connectivity index (χ2n) is 5.46. The minimum absolute atomic E-state index is 0.0348. The highest BCUT2D eigenvalue weighted by molar-refractivity contribution is 6.71. The van der Waals surface area contributed by atoms with Gasteiger partial charge in [0.05, 0.1) is 5.56 Å². The highest BCUT2D eigenvalue weighted by Gasteiger charge is 2.13. The largest absolute Gasteiger partial charge is 0.206 e. The van der Waals surface area contributed by atoms with E-state index in [1.807, 2.05) is 24.3 Å². The highest BCUT2D eigenvalue weighted by atomic mass is 35.5. The fourth-order valence-corrected chi connectivity index (χ4v) is 2.84. The van der Waals surface area contributed by atoms with Gasteiger partial charge in [-0.05, 0) is 35.4 Å². The van der Waals surface area contributed by atoms with Gasteiger partial charge >= 0.3 is 0 Å². The third kappa shape index (κ3) is 4.72. The molecular weight excluding hydrogens is 413 g/mol. The lowest BCUT2D eigenvalue weighted by Gasteiger charge is -2.04. The first-order valence-corrected chi connectivity index (χ1v) is 8.86. The van der Waals surface area contributed by atoms with E-state index in [0.717, 1.165) is 23.3 Å². The average Bonchev–Trinajstić information content (AvgIpc) is 2.67. The number of benzene rings is 3. The summed E-state index contributed by atoms with van der Waals surface area (Å²) >= 11 is 17.9. The molecule has 0 saturated carbocycles. The summed E-state index contributed by atoms with van der Waals surface area (Å²) in [6, 6.07) is 18.0. The molecule has 7 heteroatoms. The average molecular weight is 424 g/mol. The number of hydrogen-bond acceptors (Lipinski definition) is 2. The molecule has 0 heterocycles. The summed E-state index contributed by atoms with van der Waals surface area (Å²) in [4.78, 5) is 0. The molecule has 0 spiro atoms. The van der Waals surface area contributed by atoms with Gasteiger partial charge in [0.2, 0.25) is 0 Å². The van der Waals surface area contributed by atoms with E-state index in [1.165, 1.54) is 6.07 Å². The summed E-state index contributed by atoms with van der Waals surface area (Å²) in [6.45, 7) is 0. The molecule has 0 radical (unpaired) electrons. The van der Waals surface area contributed by atoms with E-state index in [9.17, 15) is 8.78 Å². The second kappa shape index (κ2) is 8.61. The molecule has 2 nitrogen and oxygen atoms in total. The molecule has 27 heavy (non-hydrogen) atoms. The normalized spacial score (nSPS) is 12.3. The van der Waals surface area contributed by atoms with E-state index in [1.54, 1.807) is 24.3 Å². The molecule has 0 bridgehead atoms. The first kappa shape index (κ1) is 19.5. The lowest BCUT2D eigenvalue weighted by Crippen LogP contribution is -2.00. The van der Waals surface area contributed by atoms with Crippen LogP contribution >= 0.6 is 34.8 Å². The molecule has 0 fully saturated rings. The van der Waals surface area contributed by atoms with E-state index >= 15 is 0 Å². The van der Waals surface area contributed by atoms with Crippen molar-refractivity contribution in [1.29, 1.82) is 0 Å². The Morgan fingerprint density at radius 1 is 0.667 bits per heavy atom. The van der Waals surface area contributed by atoms with Crippen LogP contribution in [0.25, 0.3) is 11.1 Å². The Morgan fingerprint density at radius 2 is 1.15 bits per heavy atom. The van der Waals surface area contributed by atoms with Crippen LogP contribution in [0, 0.1) is 11.6 Å². The Hall–Kier alpha value is -2.27. The molecule has 136 valence electrons. The van der Waals surface area contributed by atoms with Crippen LogP contribution in [0.15, 0.2) is 76.9 Å². The summed E-state index contributed by atoms with van der Waals surface area (Å²) in [7, 11) is 0. The molecule has 0 aliphatic carbocycles. The first-order chi connectivity index (χ1) is 13.0. The van der Waals surface area contributed by atoms with Gasteiger partial charge in [-0.3, -0.25) is 0 Å². The third-order valence-corrected chi connectivity index (χ3v) is 4.51. The summed E-state index contributed by atoms with van der Waals surface area (Å²) in [5.74, 6) is -1.66. The van der Waals surface area contributed by atoms with E-state index in [2.05, 4.69) is 10.2 Å². The standard InChI is InChI=1S/C20H11Cl3F2N2/c21-15-10-8-13(9-11-15)12-4-6-14(7-5-12)19(22)26-27-20(23)18-16(24)2-1-3-17(18)25/h1-11H/b26-19-,27-20-. The fourth-order valence-electron chi connectivity index (χ4n) is 2.33. The Morgan fingerprint density at radius 3 is 1.70 bits per heavy atom. The van der Waals surface area contributed by atoms with Crippen molar-refractivity contribution in [3.8, 4) is 11.1 Å². The maximum atomic E-state index is 13.7. The molecule has 0 amide bonds. The lowest BCUT2D eigenvalue weighted by atomic mass is 10.0. The van der Waals surface area contributed by atoms with E-state index in [-0.39, 0.29) is 5.17 Å². The van der Waals surface area contributed by atoms with Crippen LogP contribution in [0.3, 0.4) is 0 Å². The Balaban J connectivity index is 1.83. The van der Waals surface area contributed by atoms with Crippen LogP contribution in [0.2, 0.25) is 5.02 Å². The van der Waals surface area contributed by atoms with Gasteiger partial charge in [-0.25, -0.2) is 8.78 Å². The molecule has 3 aromatic carbocycles. The van der Waals surface area contributed by atoms with Gasteiger partial charge in [0.1, 0.15) is 11.6 Å². The number of rotatable bonds is 4. The van der Waals surface area contributed by atoms with Crippen molar-refractivity contribution >= 4 is 45.1 Å². The van der Waals surface area contributed by atoms with E-state index in [0.29, 0.717) is 10.6 Å². The molecule has 0 atom stereocenters. The summed E-state index contributed by atoms with van der Waals surface area (Å²) in [6.07, 6.45) is 0. The smallest absolute Gasteiger partial charge is 0.164 e. The van der Waals surface area contributed by atoms with Gasteiger partial charge < -0.3 is 0 Å². The van der Waals surface area contributed by atoms with Crippen LogP contribution < -0.4 is 0 Å². The van der Waals surface area contributed by atoms with Gasteiger partial charge in [-0.1, -0.05) is 77.3 Å². The van der Waals surface area contributed by atoms with Crippen LogP contribution in [0.4, 0.5) is 8.78 Å². The van der Waals surface area contributed by atoms with Gasteiger partial charge in [0.25, 0.3) is 0 Å². The molecule has 0 aliphatic heterocycles. The SMILES string of the molecule is Fc1cccc(F)c1/C(Cl)=N/N=C(\Cl)c1ccc(-c2ccc(Cl)cc2)cc1. The third-order valence-electron chi connectivity index (χ3n) is 3.70. The number of hydrogen-bond donors (Lipinski definition) is 0. The molecule has 0 aromatic heterocycles. The van der Waals surface area contributed by atoms with E-state index < -0.39 is 22.4 Å². The quantitative estimate of drug-likeness (QED) is 0.323. The molecule has 0 unspecified atom stereocenters. The molecule has 3 rings (SSSR count). The Bertz CT molecular complexity index is 994. The summed E-state index contributed by atoms with van der Waals surface area (Å²) in [5.41, 5.74) is 2.09. The topological polar surface area (TPSA) is 24.7 Å².